The summed E-state index contributed by atoms with van der Waals surface area (Å²) < 4.78 is 10.9. The number of hydrogen-bond acceptors (Lipinski definition) is 4. The Balaban J connectivity index is 1.82. The molecule has 1 aromatic carbocycles. The lowest BCUT2D eigenvalue weighted by Crippen LogP contribution is -2.50. The Labute approximate surface area is 168 Å². The van der Waals surface area contributed by atoms with E-state index in [1.165, 1.54) is 5.56 Å². The summed E-state index contributed by atoms with van der Waals surface area (Å²) in [4.78, 5) is 24.7. The Morgan fingerprint density at radius 1 is 1.14 bits per heavy atom. The molecule has 1 aliphatic rings. The van der Waals surface area contributed by atoms with Gasteiger partial charge in [0.1, 0.15) is 0 Å². The number of ether oxygens (including phenoxy) is 2. The minimum atomic E-state index is -0.120. The summed E-state index contributed by atoms with van der Waals surface area (Å²) in [6.07, 6.45) is 4.12. The van der Waals surface area contributed by atoms with E-state index in [2.05, 4.69) is 29.7 Å². The van der Waals surface area contributed by atoms with Crippen LogP contribution < -0.4 is 10.6 Å². The summed E-state index contributed by atoms with van der Waals surface area (Å²) in [6, 6.07) is 10.1. The molecule has 2 N–H and O–H groups in total. The van der Waals surface area contributed by atoms with Crippen molar-refractivity contribution in [2.45, 2.75) is 57.6 Å². The highest BCUT2D eigenvalue weighted by molar-refractivity contribution is 5.79. The Morgan fingerprint density at radius 2 is 1.93 bits per heavy atom. The Kier molecular flexibility index (Phi) is 10.0. The van der Waals surface area contributed by atoms with Gasteiger partial charge < -0.3 is 20.1 Å². The van der Waals surface area contributed by atoms with E-state index in [4.69, 9.17) is 9.47 Å². The van der Waals surface area contributed by atoms with Crippen LogP contribution in [0.15, 0.2) is 30.3 Å². The van der Waals surface area contributed by atoms with E-state index in [1.807, 2.05) is 18.2 Å². The standard InChI is InChI=1S/C22H34N2O4/c1-3-14-28-20-16-18(9-10-19(20)24-21(25)12-15-27-2)22(26)23-13-11-17-7-5-4-6-8-17/h4-8,18-20H,3,9-16H2,1-2H3,(H,23,26)(H,24,25)/t18-,19+,20+/m0/s1. The third kappa shape index (κ3) is 7.60. The van der Waals surface area contributed by atoms with Crippen molar-refractivity contribution in [3.63, 3.8) is 0 Å². The Morgan fingerprint density at radius 3 is 2.64 bits per heavy atom. The Hall–Kier alpha value is -1.92. The van der Waals surface area contributed by atoms with Crippen molar-refractivity contribution in [1.82, 2.24) is 10.6 Å². The van der Waals surface area contributed by atoms with E-state index in [0.717, 1.165) is 25.7 Å². The fraction of sp³-hybridized carbons (Fsp3) is 0.636. The molecule has 6 nitrogen and oxygen atoms in total. The van der Waals surface area contributed by atoms with Crippen LogP contribution in [-0.4, -0.2) is 50.8 Å². The van der Waals surface area contributed by atoms with Crippen LogP contribution in [0.2, 0.25) is 0 Å². The zero-order chi connectivity index (χ0) is 20.2. The lowest BCUT2D eigenvalue weighted by molar-refractivity contribution is -0.129. The lowest BCUT2D eigenvalue weighted by Gasteiger charge is -2.36. The highest BCUT2D eigenvalue weighted by atomic mass is 16.5. The lowest BCUT2D eigenvalue weighted by atomic mass is 9.83. The van der Waals surface area contributed by atoms with Gasteiger partial charge >= 0.3 is 0 Å². The van der Waals surface area contributed by atoms with E-state index in [1.54, 1.807) is 7.11 Å². The van der Waals surface area contributed by atoms with Crippen LogP contribution in [0.25, 0.3) is 0 Å². The maximum Gasteiger partial charge on any atom is 0.223 e. The molecule has 1 saturated carbocycles. The zero-order valence-electron chi connectivity index (χ0n) is 17.1. The molecule has 156 valence electrons. The van der Waals surface area contributed by atoms with Gasteiger partial charge in [-0.1, -0.05) is 37.3 Å². The highest BCUT2D eigenvalue weighted by Crippen LogP contribution is 2.27. The molecule has 0 aliphatic heterocycles. The average Bonchev–Trinajstić information content (AvgIpc) is 2.72. The van der Waals surface area contributed by atoms with Gasteiger partial charge in [-0.3, -0.25) is 9.59 Å². The number of carbonyl (C=O) groups excluding carboxylic acids is 2. The number of rotatable bonds is 11. The first-order valence-electron chi connectivity index (χ1n) is 10.4. The van der Waals surface area contributed by atoms with Crippen molar-refractivity contribution in [2.24, 2.45) is 5.92 Å². The van der Waals surface area contributed by atoms with Gasteiger partial charge in [0.15, 0.2) is 0 Å². The van der Waals surface area contributed by atoms with Crippen molar-refractivity contribution in [3.05, 3.63) is 35.9 Å². The van der Waals surface area contributed by atoms with E-state index < -0.39 is 0 Å². The first kappa shape index (κ1) is 22.4. The second-order valence-corrected chi connectivity index (χ2v) is 7.36. The van der Waals surface area contributed by atoms with Crippen molar-refractivity contribution in [3.8, 4) is 0 Å². The molecular weight excluding hydrogens is 356 g/mol. The van der Waals surface area contributed by atoms with Crippen molar-refractivity contribution in [1.29, 1.82) is 0 Å². The minimum Gasteiger partial charge on any atom is -0.384 e. The smallest absolute Gasteiger partial charge is 0.223 e. The van der Waals surface area contributed by atoms with Crippen LogP contribution in [0, 0.1) is 5.92 Å². The van der Waals surface area contributed by atoms with Crippen LogP contribution in [0.4, 0.5) is 0 Å². The molecule has 1 aliphatic carbocycles. The summed E-state index contributed by atoms with van der Waals surface area (Å²) in [6.45, 7) is 3.74. The molecule has 0 radical (unpaired) electrons. The summed E-state index contributed by atoms with van der Waals surface area (Å²) in [5.74, 6) is -0.00217. The maximum absolute atomic E-state index is 12.6. The molecular formula is C22H34N2O4. The molecule has 0 aromatic heterocycles. The monoisotopic (exact) mass is 390 g/mol. The van der Waals surface area contributed by atoms with Crippen LogP contribution in [0.1, 0.15) is 44.6 Å². The zero-order valence-corrected chi connectivity index (χ0v) is 17.1. The molecule has 1 fully saturated rings. The molecule has 6 heteroatoms. The van der Waals surface area contributed by atoms with Crippen LogP contribution in [-0.2, 0) is 25.5 Å². The predicted molar refractivity (Wildman–Crippen MR) is 109 cm³/mol. The molecule has 0 heterocycles. The number of nitrogens with one attached hydrogen (secondary N) is 2. The summed E-state index contributed by atoms with van der Waals surface area (Å²) in [5, 5.41) is 6.12. The minimum absolute atomic E-state index is 0.0253. The fourth-order valence-corrected chi connectivity index (χ4v) is 3.58. The summed E-state index contributed by atoms with van der Waals surface area (Å²) in [5.41, 5.74) is 1.22. The molecule has 2 amide bonds. The molecule has 2 rings (SSSR count). The molecule has 3 atom stereocenters. The molecule has 0 unspecified atom stereocenters. The molecule has 0 bridgehead atoms. The SMILES string of the molecule is CCCO[C@@H]1C[C@@H](C(=O)NCCc2ccccc2)CC[C@H]1NC(=O)CCOC. The van der Waals surface area contributed by atoms with Crippen LogP contribution in [0.5, 0.6) is 0 Å². The summed E-state index contributed by atoms with van der Waals surface area (Å²) in [7, 11) is 1.59. The van der Waals surface area contributed by atoms with Crippen LogP contribution >= 0.6 is 0 Å². The van der Waals surface area contributed by atoms with Gasteiger partial charge in [-0.2, -0.15) is 0 Å². The molecule has 0 spiro atoms. The first-order valence-corrected chi connectivity index (χ1v) is 10.4. The highest BCUT2D eigenvalue weighted by Gasteiger charge is 2.35. The van der Waals surface area contributed by atoms with Gasteiger partial charge in [0, 0.05) is 32.6 Å². The van der Waals surface area contributed by atoms with Gasteiger partial charge in [-0.15, -0.1) is 0 Å². The van der Waals surface area contributed by atoms with Crippen molar-refractivity contribution in [2.75, 3.05) is 26.9 Å². The van der Waals surface area contributed by atoms with Crippen molar-refractivity contribution >= 4 is 11.8 Å². The Bertz CT molecular complexity index is 593. The molecule has 0 saturated heterocycles. The number of benzene rings is 1. The van der Waals surface area contributed by atoms with E-state index in [0.29, 0.717) is 32.6 Å². The van der Waals surface area contributed by atoms with Crippen molar-refractivity contribution < 1.29 is 19.1 Å². The van der Waals surface area contributed by atoms with Gasteiger partial charge in [0.25, 0.3) is 0 Å². The topological polar surface area (TPSA) is 76.7 Å². The fourth-order valence-electron chi connectivity index (χ4n) is 3.58. The average molecular weight is 391 g/mol. The third-order valence-corrected chi connectivity index (χ3v) is 5.13. The van der Waals surface area contributed by atoms with Gasteiger partial charge in [0.05, 0.1) is 18.8 Å². The van der Waals surface area contributed by atoms with E-state index in [-0.39, 0.29) is 29.9 Å². The van der Waals surface area contributed by atoms with E-state index >= 15 is 0 Å². The predicted octanol–water partition coefficient (Wildman–Crippen LogP) is 2.46. The normalized spacial score (nSPS) is 21.9. The van der Waals surface area contributed by atoms with Gasteiger partial charge in [-0.25, -0.2) is 0 Å². The largest absolute Gasteiger partial charge is 0.384 e. The van der Waals surface area contributed by atoms with Crippen LogP contribution in [0.3, 0.4) is 0 Å². The number of hydrogen-bond donors (Lipinski definition) is 2. The quantitative estimate of drug-likeness (QED) is 0.609. The second-order valence-electron chi connectivity index (χ2n) is 7.36. The number of amides is 2. The molecule has 1 aromatic rings. The number of carbonyl (C=O) groups is 2. The van der Waals surface area contributed by atoms with Gasteiger partial charge in [-0.05, 0) is 37.7 Å². The third-order valence-electron chi connectivity index (χ3n) is 5.13. The molecule has 28 heavy (non-hydrogen) atoms. The maximum atomic E-state index is 12.6. The summed E-state index contributed by atoms with van der Waals surface area (Å²) >= 11 is 0. The number of methoxy groups -OCH3 is 1. The van der Waals surface area contributed by atoms with E-state index in [9.17, 15) is 9.59 Å². The van der Waals surface area contributed by atoms with Gasteiger partial charge in [0.2, 0.25) is 11.8 Å². The second kappa shape index (κ2) is 12.5. The first-order chi connectivity index (χ1) is 13.6.